The van der Waals surface area contributed by atoms with Crippen LogP contribution in [-0.2, 0) is 15.6 Å². The quantitative estimate of drug-likeness (QED) is 0.415. The first kappa shape index (κ1) is 21.6. The molecule has 8 heteroatoms. The topological polar surface area (TPSA) is 46.2 Å². The smallest absolute Gasteiger partial charge is 0.182 e. The van der Waals surface area contributed by atoms with Crippen LogP contribution < -0.4 is 5.32 Å². The van der Waals surface area contributed by atoms with E-state index in [1.54, 1.807) is 42.1 Å². The molecule has 0 fully saturated rings. The average molecular weight is 497 g/mol. The van der Waals surface area contributed by atoms with Crippen LogP contribution in [0.1, 0.15) is 11.1 Å². The molecule has 0 unspecified atom stereocenters. The van der Waals surface area contributed by atoms with Crippen molar-refractivity contribution < 1.29 is 8.42 Å². The summed E-state index contributed by atoms with van der Waals surface area (Å²) in [6.07, 6.45) is 2.08. The van der Waals surface area contributed by atoms with Gasteiger partial charge in [0.2, 0.25) is 0 Å². The number of hydrogen-bond acceptors (Lipinski definition) is 4. The third kappa shape index (κ3) is 4.82. The van der Waals surface area contributed by atoms with Crippen LogP contribution in [0.2, 0.25) is 15.1 Å². The van der Waals surface area contributed by atoms with Crippen LogP contribution in [0, 0.1) is 0 Å². The highest BCUT2D eigenvalue weighted by molar-refractivity contribution is 8.03. The molecular formula is C22H16Cl3NO2S2. The summed E-state index contributed by atoms with van der Waals surface area (Å²) in [4.78, 5) is 2.33. The molecule has 1 N–H and O–H groups in total. The molecule has 4 rings (SSSR count). The first-order valence-corrected chi connectivity index (χ1v) is 12.6. The average Bonchev–Trinajstić information content (AvgIpc) is 2.72. The number of anilines is 1. The molecule has 3 nitrogen and oxygen atoms in total. The molecule has 0 bridgehead atoms. The summed E-state index contributed by atoms with van der Waals surface area (Å²) in [6, 6.07) is 17.7. The van der Waals surface area contributed by atoms with E-state index >= 15 is 0 Å². The van der Waals surface area contributed by atoms with Gasteiger partial charge in [0.1, 0.15) is 0 Å². The minimum Gasteiger partial charge on any atom is -0.379 e. The fourth-order valence-corrected chi connectivity index (χ4v) is 6.30. The van der Waals surface area contributed by atoms with Gasteiger partial charge in [0.25, 0.3) is 0 Å². The van der Waals surface area contributed by atoms with Crippen molar-refractivity contribution in [3.8, 4) is 0 Å². The molecule has 0 saturated heterocycles. The third-order valence-corrected chi connectivity index (χ3v) is 8.30. The molecule has 0 radical (unpaired) electrons. The second-order valence-electron chi connectivity index (χ2n) is 6.74. The molecule has 3 aromatic carbocycles. The lowest BCUT2D eigenvalue weighted by atomic mass is 10.2. The van der Waals surface area contributed by atoms with E-state index in [1.807, 2.05) is 30.3 Å². The van der Waals surface area contributed by atoms with Crippen LogP contribution in [0.25, 0.3) is 6.08 Å². The van der Waals surface area contributed by atoms with Crippen molar-refractivity contribution in [2.75, 3.05) is 11.9 Å². The highest BCUT2D eigenvalue weighted by atomic mass is 35.5. The van der Waals surface area contributed by atoms with E-state index in [-0.39, 0.29) is 10.6 Å². The van der Waals surface area contributed by atoms with E-state index < -0.39 is 9.84 Å². The van der Waals surface area contributed by atoms with Gasteiger partial charge in [0, 0.05) is 42.7 Å². The van der Waals surface area contributed by atoms with Gasteiger partial charge >= 0.3 is 0 Å². The van der Waals surface area contributed by atoms with Crippen molar-refractivity contribution in [1.82, 2.24) is 0 Å². The maximum Gasteiger partial charge on any atom is 0.182 e. The normalized spacial score (nSPS) is 15.0. The van der Waals surface area contributed by atoms with Gasteiger partial charge in [-0.2, -0.15) is 0 Å². The van der Waals surface area contributed by atoms with Gasteiger partial charge in [-0.25, -0.2) is 8.42 Å². The fraction of sp³-hybridized carbons (Fsp3) is 0.0909. The Kier molecular flexibility index (Phi) is 6.37. The molecular weight excluding hydrogens is 481 g/mol. The monoisotopic (exact) mass is 495 g/mol. The molecule has 154 valence electrons. The number of nitrogens with one attached hydrogen (secondary N) is 1. The second kappa shape index (κ2) is 8.85. The summed E-state index contributed by atoms with van der Waals surface area (Å²) in [5, 5.41) is 4.69. The first-order chi connectivity index (χ1) is 14.3. The Morgan fingerprint density at radius 3 is 2.37 bits per heavy atom. The predicted octanol–water partition coefficient (Wildman–Crippen LogP) is 7.18. The maximum absolute atomic E-state index is 13.0. The SMILES string of the molecule is O=S(=O)(Cc1c(Cl)cccc1Cl)c1ccc2c(c1)NCC(=Cc1ccc(Cl)cc1)S2. The molecule has 1 aliphatic rings. The van der Waals surface area contributed by atoms with E-state index in [1.165, 1.54) is 0 Å². The maximum atomic E-state index is 13.0. The van der Waals surface area contributed by atoms with Crippen LogP contribution in [0.15, 0.2) is 75.4 Å². The van der Waals surface area contributed by atoms with E-state index in [4.69, 9.17) is 34.8 Å². The number of fused-ring (bicyclic) bond motifs is 1. The zero-order chi connectivity index (χ0) is 21.3. The van der Waals surface area contributed by atoms with Crippen LogP contribution in [0.5, 0.6) is 0 Å². The van der Waals surface area contributed by atoms with Crippen LogP contribution in [0.4, 0.5) is 5.69 Å². The predicted molar refractivity (Wildman–Crippen MR) is 128 cm³/mol. The Hall–Kier alpha value is -1.63. The zero-order valence-corrected chi connectivity index (χ0v) is 19.4. The van der Waals surface area contributed by atoms with E-state index in [0.29, 0.717) is 27.2 Å². The highest BCUT2D eigenvalue weighted by Gasteiger charge is 2.22. The largest absolute Gasteiger partial charge is 0.379 e. The van der Waals surface area contributed by atoms with Gasteiger partial charge in [-0.3, -0.25) is 0 Å². The summed E-state index contributed by atoms with van der Waals surface area (Å²) < 4.78 is 25.9. The van der Waals surface area contributed by atoms with Gasteiger partial charge in [-0.1, -0.05) is 64.8 Å². The number of sulfone groups is 1. The van der Waals surface area contributed by atoms with Gasteiger partial charge < -0.3 is 5.32 Å². The Bertz CT molecular complexity index is 1220. The summed E-state index contributed by atoms with van der Waals surface area (Å²) in [6.45, 7) is 0.611. The van der Waals surface area contributed by atoms with Gasteiger partial charge in [0.05, 0.1) is 10.6 Å². The molecule has 0 aliphatic carbocycles. The Morgan fingerprint density at radius 1 is 0.967 bits per heavy atom. The zero-order valence-electron chi connectivity index (χ0n) is 15.5. The van der Waals surface area contributed by atoms with Crippen molar-refractivity contribution in [2.24, 2.45) is 0 Å². The summed E-state index contributed by atoms with van der Waals surface area (Å²) in [7, 11) is -3.60. The van der Waals surface area contributed by atoms with Crippen LogP contribution in [-0.4, -0.2) is 15.0 Å². The van der Waals surface area contributed by atoms with Gasteiger partial charge in [-0.05, 0) is 54.1 Å². The van der Waals surface area contributed by atoms with Gasteiger partial charge in [-0.15, -0.1) is 0 Å². The number of rotatable bonds is 4. The first-order valence-electron chi connectivity index (χ1n) is 8.99. The summed E-state index contributed by atoms with van der Waals surface area (Å²) in [5.74, 6) is -0.251. The van der Waals surface area contributed by atoms with E-state index in [2.05, 4.69) is 11.4 Å². The summed E-state index contributed by atoms with van der Waals surface area (Å²) >= 11 is 19.9. The van der Waals surface area contributed by atoms with Crippen molar-refractivity contribution in [3.63, 3.8) is 0 Å². The number of thioether (sulfide) groups is 1. The lowest BCUT2D eigenvalue weighted by molar-refractivity contribution is 0.595. The molecule has 30 heavy (non-hydrogen) atoms. The molecule has 0 spiro atoms. The second-order valence-corrected chi connectivity index (χ2v) is 11.1. The fourth-order valence-electron chi connectivity index (χ4n) is 3.06. The molecule has 0 atom stereocenters. The van der Waals surface area contributed by atoms with E-state index in [0.717, 1.165) is 21.1 Å². The van der Waals surface area contributed by atoms with Crippen molar-refractivity contribution in [3.05, 3.63) is 91.8 Å². The van der Waals surface area contributed by atoms with E-state index in [9.17, 15) is 8.42 Å². The molecule has 0 saturated carbocycles. The lowest BCUT2D eigenvalue weighted by Gasteiger charge is -2.21. The Labute approximate surface area is 195 Å². The highest BCUT2D eigenvalue weighted by Crippen LogP contribution is 2.40. The van der Waals surface area contributed by atoms with Crippen LogP contribution >= 0.6 is 46.6 Å². The number of halogens is 3. The minimum absolute atomic E-state index is 0.232. The molecule has 0 amide bonds. The summed E-state index contributed by atoms with van der Waals surface area (Å²) in [5.41, 5.74) is 2.26. The van der Waals surface area contributed by atoms with Gasteiger partial charge in [0.15, 0.2) is 9.84 Å². The Balaban J connectivity index is 1.57. The molecule has 0 aromatic heterocycles. The Morgan fingerprint density at radius 2 is 1.67 bits per heavy atom. The van der Waals surface area contributed by atoms with Crippen LogP contribution in [0.3, 0.4) is 0 Å². The third-order valence-electron chi connectivity index (χ3n) is 4.60. The number of benzene rings is 3. The minimum atomic E-state index is -3.60. The van der Waals surface area contributed by atoms with Crippen molar-refractivity contribution >= 4 is 68.2 Å². The molecule has 1 aliphatic heterocycles. The standard InChI is InChI=1S/C22H16Cl3NO2S2/c23-15-6-4-14(5-7-15)10-16-12-26-21-11-17(8-9-22(21)29-16)30(27,28)13-18-19(24)2-1-3-20(18)25/h1-11,26H,12-13H2. The van der Waals surface area contributed by atoms with Crippen molar-refractivity contribution in [2.45, 2.75) is 15.5 Å². The lowest BCUT2D eigenvalue weighted by Crippen LogP contribution is -2.11. The molecule has 1 heterocycles. The molecule has 3 aromatic rings. The number of hydrogen-bond donors (Lipinski definition) is 1. The van der Waals surface area contributed by atoms with Crippen molar-refractivity contribution in [1.29, 1.82) is 0 Å².